The summed E-state index contributed by atoms with van der Waals surface area (Å²) in [7, 11) is 1.76. The van der Waals surface area contributed by atoms with Crippen LogP contribution in [0.5, 0.6) is 0 Å². The number of carbonyl (C=O) groups excluding carboxylic acids is 1. The average Bonchev–Trinajstić information content (AvgIpc) is 2.28. The monoisotopic (exact) mass is 257 g/mol. The van der Waals surface area contributed by atoms with Crippen LogP contribution in [-0.4, -0.2) is 35.4 Å². The number of carbonyl (C=O) groups is 1. The Hall–Kier alpha value is -1.26. The molecule has 0 aromatic heterocycles. The molecule has 18 heavy (non-hydrogen) atoms. The largest absolute Gasteiger partial charge is 0.409 e. The molecule has 0 spiro atoms. The van der Waals surface area contributed by atoms with E-state index >= 15 is 0 Å². The van der Waals surface area contributed by atoms with Crippen LogP contribution in [0.2, 0.25) is 0 Å². The molecule has 1 amide bonds. The van der Waals surface area contributed by atoms with E-state index in [1.165, 1.54) is 0 Å². The summed E-state index contributed by atoms with van der Waals surface area (Å²) in [6.45, 7) is 10.6. The van der Waals surface area contributed by atoms with Gasteiger partial charge in [0.15, 0.2) is 5.84 Å². The second-order valence-electron chi connectivity index (χ2n) is 6.00. The molecule has 0 aliphatic heterocycles. The number of amides is 1. The third kappa shape index (κ3) is 3.62. The molecule has 5 nitrogen and oxygen atoms in total. The minimum atomic E-state index is -0.894. The molecule has 3 N–H and O–H groups in total. The lowest BCUT2D eigenvalue weighted by Crippen LogP contribution is -2.51. The van der Waals surface area contributed by atoms with E-state index in [4.69, 9.17) is 10.9 Å². The molecule has 0 rings (SSSR count). The summed E-state index contributed by atoms with van der Waals surface area (Å²) >= 11 is 0. The maximum Gasteiger partial charge on any atom is 0.236 e. The van der Waals surface area contributed by atoms with Gasteiger partial charge in [-0.3, -0.25) is 4.79 Å². The van der Waals surface area contributed by atoms with Crippen LogP contribution in [0.3, 0.4) is 0 Å². The van der Waals surface area contributed by atoms with Crippen LogP contribution in [0.4, 0.5) is 0 Å². The van der Waals surface area contributed by atoms with Gasteiger partial charge in [0.05, 0.1) is 0 Å². The number of amidine groups is 1. The maximum absolute atomic E-state index is 12.6. The van der Waals surface area contributed by atoms with Gasteiger partial charge in [-0.1, -0.05) is 39.8 Å². The maximum atomic E-state index is 12.6. The van der Waals surface area contributed by atoms with Gasteiger partial charge in [0.1, 0.15) is 5.41 Å². The first-order valence-electron chi connectivity index (χ1n) is 6.38. The summed E-state index contributed by atoms with van der Waals surface area (Å²) in [4.78, 5) is 14.2. The number of hydrogen-bond donors (Lipinski definition) is 2. The molecule has 0 saturated carbocycles. The van der Waals surface area contributed by atoms with Gasteiger partial charge in [-0.25, -0.2) is 0 Å². The molecule has 0 aliphatic rings. The zero-order valence-corrected chi connectivity index (χ0v) is 12.4. The van der Waals surface area contributed by atoms with Gasteiger partial charge >= 0.3 is 0 Å². The molecular weight excluding hydrogens is 230 g/mol. The Morgan fingerprint density at radius 2 is 1.72 bits per heavy atom. The normalized spacial score (nSPS) is 13.6. The summed E-state index contributed by atoms with van der Waals surface area (Å²) in [5, 5.41) is 11.9. The van der Waals surface area contributed by atoms with Gasteiger partial charge in [-0.2, -0.15) is 0 Å². The zero-order chi connectivity index (χ0) is 14.6. The van der Waals surface area contributed by atoms with Crippen molar-refractivity contribution in [3.63, 3.8) is 0 Å². The fourth-order valence-electron chi connectivity index (χ4n) is 2.27. The quantitative estimate of drug-likeness (QED) is 0.342. The number of nitrogens with zero attached hydrogens (tertiary/aromatic N) is 2. The van der Waals surface area contributed by atoms with E-state index in [0.29, 0.717) is 19.4 Å². The van der Waals surface area contributed by atoms with Crippen molar-refractivity contribution < 1.29 is 10.0 Å². The third-order valence-corrected chi connectivity index (χ3v) is 3.27. The Morgan fingerprint density at radius 3 is 2.00 bits per heavy atom. The molecule has 0 aliphatic carbocycles. The van der Waals surface area contributed by atoms with E-state index in [0.717, 1.165) is 0 Å². The van der Waals surface area contributed by atoms with E-state index < -0.39 is 5.41 Å². The van der Waals surface area contributed by atoms with Crippen molar-refractivity contribution >= 4 is 11.7 Å². The van der Waals surface area contributed by atoms with Crippen LogP contribution in [0.1, 0.15) is 47.5 Å². The molecule has 0 atom stereocenters. The Kier molecular flexibility index (Phi) is 5.64. The highest BCUT2D eigenvalue weighted by Crippen LogP contribution is 2.30. The molecule has 5 heteroatoms. The van der Waals surface area contributed by atoms with Crippen molar-refractivity contribution in [1.29, 1.82) is 0 Å². The second kappa shape index (κ2) is 6.07. The number of hydrogen-bond acceptors (Lipinski definition) is 3. The lowest BCUT2D eigenvalue weighted by atomic mass is 9.79. The lowest BCUT2D eigenvalue weighted by Gasteiger charge is -2.35. The van der Waals surface area contributed by atoms with Gasteiger partial charge in [-0.15, -0.1) is 0 Å². The number of nitrogens with two attached hydrogens (primary N) is 1. The van der Waals surface area contributed by atoms with Gasteiger partial charge < -0.3 is 15.8 Å². The van der Waals surface area contributed by atoms with Crippen molar-refractivity contribution in [3.05, 3.63) is 0 Å². The topological polar surface area (TPSA) is 78.9 Å². The van der Waals surface area contributed by atoms with E-state index in [2.05, 4.69) is 25.9 Å². The third-order valence-electron chi connectivity index (χ3n) is 3.27. The standard InChI is InChI=1S/C13H27N3O2/c1-7-13(8-2,10(14)15-18)11(17)16(6)9-12(3,4)5/h18H,7-9H2,1-6H3,(H2,14,15). The fourth-order valence-corrected chi connectivity index (χ4v) is 2.27. The molecule has 0 aromatic rings. The molecule has 0 heterocycles. The molecule has 0 radical (unpaired) electrons. The van der Waals surface area contributed by atoms with Crippen LogP contribution >= 0.6 is 0 Å². The summed E-state index contributed by atoms with van der Waals surface area (Å²) in [6, 6.07) is 0. The molecular formula is C13H27N3O2. The predicted molar refractivity (Wildman–Crippen MR) is 73.5 cm³/mol. The zero-order valence-electron chi connectivity index (χ0n) is 12.4. The Bertz CT molecular complexity index is 315. The van der Waals surface area contributed by atoms with Crippen LogP contribution in [0, 0.1) is 10.8 Å². The minimum Gasteiger partial charge on any atom is -0.409 e. The second-order valence-corrected chi connectivity index (χ2v) is 6.00. The molecule has 0 saturated heterocycles. The minimum absolute atomic E-state index is 0.00161. The van der Waals surface area contributed by atoms with Gasteiger partial charge in [0.2, 0.25) is 5.91 Å². The molecule has 0 fully saturated rings. The van der Waals surface area contributed by atoms with Crippen molar-refractivity contribution in [2.45, 2.75) is 47.5 Å². The van der Waals surface area contributed by atoms with E-state index in [-0.39, 0.29) is 17.2 Å². The number of rotatable bonds is 5. The van der Waals surface area contributed by atoms with Gasteiger partial charge in [0, 0.05) is 13.6 Å². The highest BCUT2D eigenvalue weighted by molar-refractivity contribution is 6.06. The Balaban J connectivity index is 5.22. The molecule has 0 aromatic carbocycles. The first-order chi connectivity index (χ1) is 8.14. The highest BCUT2D eigenvalue weighted by Gasteiger charge is 2.42. The van der Waals surface area contributed by atoms with E-state index in [9.17, 15) is 4.79 Å². The Labute approximate surface area is 110 Å². The first kappa shape index (κ1) is 16.7. The predicted octanol–water partition coefficient (Wildman–Crippen LogP) is 2.04. The van der Waals surface area contributed by atoms with Gasteiger partial charge in [-0.05, 0) is 18.3 Å². The van der Waals surface area contributed by atoms with E-state index in [1.54, 1.807) is 11.9 Å². The van der Waals surface area contributed by atoms with Crippen molar-refractivity contribution in [2.24, 2.45) is 21.7 Å². The number of oxime groups is 1. The first-order valence-corrected chi connectivity index (χ1v) is 6.38. The lowest BCUT2D eigenvalue weighted by molar-refractivity contribution is -0.138. The SMILES string of the molecule is CCC(CC)(C(=O)N(C)CC(C)(C)C)C(N)=NO. The summed E-state index contributed by atoms with van der Waals surface area (Å²) in [5.74, 6) is -0.0871. The smallest absolute Gasteiger partial charge is 0.236 e. The van der Waals surface area contributed by atoms with Crippen LogP contribution < -0.4 is 5.73 Å². The van der Waals surface area contributed by atoms with Crippen molar-refractivity contribution in [3.8, 4) is 0 Å². The average molecular weight is 257 g/mol. The fraction of sp³-hybridized carbons (Fsp3) is 0.846. The van der Waals surface area contributed by atoms with Crippen molar-refractivity contribution in [1.82, 2.24) is 4.90 Å². The molecule has 106 valence electrons. The van der Waals surface area contributed by atoms with Crippen molar-refractivity contribution in [2.75, 3.05) is 13.6 Å². The summed E-state index contributed by atoms with van der Waals surface area (Å²) in [5.41, 5.74) is 4.85. The summed E-state index contributed by atoms with van der Waals surface area (Å²) in [6.07, 6.45) is 1.04. The van der Waals surface area contributed by atoms with Crippen LogP contribution in [0.15, 0.2) is 5.16 Å². The van der Waals surface area contributed by atoms with Crippen LogP contribution in [-0.2, 0) is 4.79 Å². The van der Waals surface area contributed by atoms with Gasteiger partial charge in [0.25, 0.3) is 0 Å². The van der Waals surface area contributed by atoms with Crippen LogP contribution in [0.25, 0.3) is 0 Å². The summed E-state index contributed by atoms with van der Waals surface area (Å²) < 4.78 is 0. The molecule has 0 bridgehead atoms. The Morgan fingerprint density at radius 1 is 1.28 bits per heavy atom. The van der Waals surface area contributed by atoms with E-state index in [1.807, 2.05) is 13.8 Å². The highest BCUT2D eigenvalue weighted by atomic mass is 16.4. The molecule has 0 unspecified atom stereocenters.